The van der Waals surface area contributed by atoms with Gasteiger partial charge >= 0.3 is 5.97 Å². The molecule has 5 nitrogen and oxygen atoms in total. The van der Waals surface area contributed by atoms with Gasteiger partial charge in [-0.25, -0.2) is 4.79 Å². The van der Waals surface area contributed by atoms with E-state index in [1.807, 2.05) is 0 Å². The van der Waals surface area contributed by atoms with Gasteiger partial charge in [-0.3, -0.25) is 4.79 Å². The van der Waals surface area contributed by atoms with Crippen molar-refractivity contribution in [2.24, 2.45) is 0 Å². The third kappa shape index (κ3) is 1.48. The number of carboxylic acid groups (broad SMARTS) is 1. The molecule has 1 rings (SSSR count). The van der Waals surface area contributed by atoms with E-state index < -0.39 is 24.0 Å². The maximum Gasteiger partial charge on any atom is 0.329 e. The predicted octanol–water partition coefficient (Wildman–Crippen LogP) is -1.29. The lowest BCUT2D eigenvalue weighted by atomic mass is 10.3. The van der Waals surface area contributed by atoms with Gasteiger partial charge in [0.05, 0.1) is 0 Å². The van der Waals surface area contributed by atoms with E-state index >= 15 is 0 Å². The molecule has 1 amide bonds. The number of hydrogen-bond donors (Lipinski definition) is 3. The molecule has 1 saturated carbocycles. The first-order valence-electron chi connectivity index (χ1n) is 3.26. The highest BCUT2D eigenvalue weighted by Crippen LogP contribution is 2.35. The van der Waals surface area contributed by atoms with Crippen LogP contribution in [-0.4, -0.2) is 34.2 Å². The lowest BCUT2D eigenvalue weighted by Gasteiger charge is -2.10. The Morgan fingerprint density at radius 3 is 2.27 bits per heavy atom. The van der Waals surface area contributed by atoms with Gasteiger partial charge in [-0.1, -0.05) is 0 Å². The van der Waals surface area contributed by atoms with Crippen LogP contribution in [0.25, 0.3) is 0 Å². The lowest BCUT2D eigenvalue weighted by molar-refractivity contribution is -0.143. The molecule has 1 aliphatic carbocycles. The number of rotatable bonds is 3. The van der Waals surface area contributed by atoms with Crippen LogP contribution in [-0.2, 0) is 9.59 Å². The fourth-order valence-electron chi connectivity index (χ4n) is 0.824. The van der Waals surface area contributed by atoms with E-state index in [-0.39, 0.29) is 0 Å². The molecular formula is C6H9NO4. The summed E-state index contributed by atoms with van der Waals surface area (Å²) in [7, 11) is 0. The van der Waals surface area contributed by atoms with Crippen LogP contribution in [0, 0.1) is 0 Å². The maximum atomic E-state index is 10.5. The second kappa shape index (κ2) is 2.50. The minimum Gasteiger partial charge on any atom is -0.480 e. The summed E-state index contributed by atoms with van der Waals surface area (Å²) in [4.78, 5) is 21.0. The van der Waals surface area contributed by atoms with Crippen molar-refractivity contribution < 1.29 is 19.8 Å². The van der Waals surface area contributed by atoms with Gasteiger partial charge in [0, 0.05) is 0 Å². The number of aliphatic hydroxyl groups excluding tert-OH is 1. The van der Waals surface area contributed by atoms with Gasteiger partial charge in [0.25, 0.3) is 0 Å². The number of carbonyl (C=O) groups is 2. The molecule has 0 aromatic rings. The number of carbonyl (C=O) groups excluding carboxylic acids is 1. The molecule has 0 atom stereocenters. The van der Waals surface area contributed by atoms with Crippen LogP contribution in [0.2, 0.25) is 0 Å². The van der Waals surface area contributed by atoms with E-state index in [4.69, 9.17) is 10.2 Å². The maximum absolute atomic E-state index is 10.5. The van der Waals surface area contributed by atoms with E-state index in [0.717, 1.165) is 0 Å². The number of amides is 1. The highest BCUT2D eigenvalue weighted by atomic mass is 16.4. The Morgan fingerprint density at radius 1 is 1.45 bits per heavy atom. The molecule has 0 bridgehead atoms. The minimum absolute atomic E-state index is 0.452. The van der Waals surface area contributed by atoms with Crippen LogP contribution < -0.4 is 5.32 Å². The molecule has 62 valence electrons. The van der Waals surface area contributed by atoms with Crippen molar-refractivity contribution in [1.82, 2.24) is 5.32 Å². The number of nitrogens with one attached hydrogen (secondary N) is 1. The predicted molar refractivity (Wildman–Crippen MR) is 34.8 cm³/mol. The molecule has 0 spiro atoms. The van der Waals surface area contributed by atoms with Gasteiger partial charge in [-0.2, -0.15) is 0 Å². The van der Waals surface area contributed by atoms with Crippen molar-refractivity contribution in [2.45, 2.75) is 18.4 Å². The van der Waals surface area contributed by atoms with E-state index in [1.165, 1.54) is 0 Å². The Labute approximate surface area is 63.0 Å². The van der Waals surface area contributed by atoms with Gasteiger partial charge < -0.3 is 15.5 Å². The first kappa shape index (κ1) is 8.00. The zero-order chi connectivity index (χ0) is 8.48. The van der Waals surface area contributed by atoms with Crippen LogP contribution in [0.15, 0.2) is 0 Å². The van der Waals surface area contributed by atoms with Crippen LogP contribution in [0.3, 0.4) is 0 Å². The molecule has 1 fully saturated rings. The van der Waals surface area contributed by atoms with Crippen molar-refractivity contribution in [3.8, 4) is 0 Å². The van der Waals surface area contributed by atoms with E-state index in [9.17, 15) is 9.59 Å². The molecule has 1 aliphatic rings. The number of carboxylic acids is 1. The highest BCUT2D eigenvalue weighted by molar-refractivity contribution is 5.89. The first-order valence-corrected chi connectivity index (χ1v) is 3.26. The molecule has 11 heavy (non-hydrogen) atoms. The van der Waals surface area contributed by atoms with Crippen molar-refractivity contribution in [3.63, 3.8) is 0 Å². The molecule has 0 aromatic carbocycles. The monoisotopic (exact) mass is 159 g/mol. The van der Waals surface area contributed by atoms with Crippen LogP contribution in [0.1, 0.15) is 12.8 Å². The second-order valence-electron chi connectivity index (χ2n) is 2.59. The SMILES string of the molecule is O=C(CO)NC1(C(=O)O)CC1. The quantitative estimate of drug-likeness (QED) is 0.478. The summed E-state index contributed by atoms with van der Waals surface area (Å²) in [5.74, 6) is -1.66. The van der Waals surface area contributed by atoms with E-state index in [0.29, 0.717) is 12.8 Å². The van der Waals surface area contributed by atoms with Gasteiger partial charge in [0.2, 0.25) is 5.91 Å². The summed E-state index contributed by atoms with van der Waals surface area (Å²) in [5, 5.41) is 19.1. The van der Waals surface area contributed by atoms with Crippen LogP contribution >= 0.6 is 0 Å². The normalized spacial score (nSPS) is 19.0. The summed E-state index contributed by atoms with van der Waals surface area (Å²) in [6.45, 7) is -0.658. The standard InChI is InChI=1S/C6H9NO4/c8-3-4(9)7-6(1-2-6)5(10)11/h8H,1-3H2,(H,7,9)(H,10,11). The Hall–Kier alpha value is -1.10. The van der Waals surface area contributed by atoms with Crippen molar-refractivity contribution in [2.75, 3.05) is 6.61 Å². The minimum atomic E-state index is -1.07. The number of aliphatic hydroxyl groups is 1. The fourth-order valence-corrected chi connectivity index (χ4v) is 0.824. The molecular weight excluding hydrogens is 150 g/mol. The smallest absolute Gasteiger partial charge is 0.329 e. The molecule has 0 aromatic heterocycles. The van der Waals surface area contributed by atoms with Crippen molar-refractivity contribution in [3.05, 3.63) is 0 Å². The first-order chi connectivity index (χ1) is 5.10. The van der Waals surface area contributed by atoms with E-state index in [2.05, 4.69) is 5.32 Å². The average molecular weight is 159 g/mol. The summed E-state index contributed by atoms with van der Waals surface area (Å²) < 4.78 is 0. The summed E-state index contributed by atoms with van der Waals surface area (Å²) in [5.41, 5.74) is -1.07. The summed E-state index contributed by atoms with van der Waals surface area (Å²) in [6, 6.07) is 0. The van der Waals surface area contributed by atoms with Gasteiger partial charge in [-0.15, -0.1) is 0 Å². The number of aliphatic carboxylic acids is 1. The fraction of sp³-hybridized carbons (Fsp3) is 0.667. The van der Waals surface area contributed by atoms with Gasteiger partial charge in [0.15, 0.2) is 0 Å². The molecule has 0 heterocycles. The average Bonchev–Trinajstić information content (AvgIpc) is 2.69. The lowest BCUT2D eigenvalue weighted by Crippen LogP contribution is -2.44. The summed E-state index contributed by atoms with van der Waals surface area (Å²) >= 11 is 0. The number of hydrogen-bond acceptors (Lipinski definition) is 3. The second-order valence-corrected chi connectivity index (χ2v) is 2.59. The Kier molecular flexibility index (Phi) is 1.82. The summed E-state index contributed by atoms with van der Waals surface area (Å²) in [6.07, 6.45) is 0.905. The van der Waals surface area contributed by atoms with Gasteiger partial charge in [0.1, 0.15) is 12.1 Å². The van der Waals surface area contributed by atoms with Crippen LogP contribution in [0.5, 0.6) is 0 Å². The van der Waals surface area contributed by atoms with Crippen molar-refractivity contribution in [1.29, 1.82) is 0 Å². The molecule has 0 aliphatic heterocycles. The molecule has 0 radical (unpaired) electrons. The third-order valence-corrected chi connectivity index (χ3v) is 1.68. The molecule has 3 N–H and O–H groups in total. The topological polar surface area (TPSA) is 86.6 Å². The van der Waals surface area contributed by atoms with Gasteiger partial charge in [-0.05, 0) is 12.8 Å². The highest BCUT2D eigenvalue weighted by Gasteiger charge is 2.51. The molecule has 0 saturated heterocycles. The van der Waals surface area contributed by atoms with E-state index in [1.54, 1.807) is 0 Å². The molecule has 0 unspecified atom stereocenters. The Balaban J connectivity index is 2.48. The van der Waals surface area contributed by atoms with Crippen LogP contribution in [0.4, 0.5) is 0 Å². The Morgan fingerprint density at radius 2 is 2.00 bits per heavy atom. The van der Waals surface area contributed by atoms with Crippen molar-refractivity contribution >= 4 is 11.9 Å². The zero-order valence-electron chi connectivity index (χ0n) is 5.83. The largest absolute Gasteiger partial charge is 0.480 e. The zero-order valence-corrected chi connectivity index (χ0v) is 5.83. The third-order valence-electron chi connectivity index (χ3n) is 1.68. The Bertz CT molecular complexity index is 197. The molecule has 5 heteroatoms.